The van der Waals surface area contributed by atoms with Crippen LogP contribution in [0.1, 0.15) is 23.7 Å². The highest BCUT2D eigenvalue weighted by Gasteiger charge is 2.32. The van der Waals surface area contributed by atoms with Gasteiger partial charge in [0.15, 0.2) is 11.6 Å². The van der Waals surface area contributed by atoms with E-state index in [-0.39, 0.29) is 43.2 Å². The predicted octanol–water partition coefficient (Wildman–Crippen LogP) is 4.40. The molecule has 1 fully saturated rings. The first-order valence-electron chi connectivity index (χ1n) is 8.91. The van der Waals surface area contributed by atoms with Gasteiger partial charge in [-0.05, 0) is 35.7 Å². The van der Waals surface area contributed by atoms with Crippen molar-refractivity contribution in [1.29, 1.82) is 0 Å². The van der Waals surface area contributed by atoms with Crippen LogP contribution in [0.3, 0.4) is 0 Å². The minimum atomic E-state index is -4.82. The smallest absolute Gasteiger partial charge is 0.406 e. The van der Waals surface area contributed by atoms with E-state index in [1.54, 1.807) is 6.07 Å². The predicted molar refractivity (Wildman–Crippen MR) is 93.1 cm³/mol. The van der Waals surface area contributed by atoms with Gasteiger partial charge in [0.1, 0.15) is 11.9 Å². The van der Waals surface area contributed by atoms with Crippen LogP contribution >= 0.6 is 0 Å². The Bertz CT molecular complexity index is 871. The number of carbonyl (C=O) groups is 1. The van der Waals surface area contributed by atoms with Crippen LogP contribution in [0.25, 0.3) is 0 Å². The Kier molecular flexibility index (Phi) is 6.36. The number of ether oxygens (including phenoxy) is 2. The maximum atomic E-state index is 13.5. The molecule has 29 heavy (non-hydrogen) atoms. The third-order valence-corrected chi connectivity index (χ3v) is 4.54. The van der Waals surface area contributed by atoms with Crippen molar-refractivity contribution in [3.8, 4) is 5.75 Å². The van der Waals surface area contributed by atoms with Crippen LogP contribution in [0.5, 0.6) is 5.75 Å². The number of benzene rings is 2. The number of hydrogen-bond donors (Lipinski definition) is 0. The van der Waals surface area contributed by atoms with Crippen LogP contribution < -0.4 is 4.74 Å². The molecule has 2 aromatic carbocycles. The molecule has 4 nitrogen and oxygen atoms in total. The maximum absolute atomic E-state index is 13.5. The van der Waals surface area contributed by atoms with Crippen molar-refractivity contribution in [1.82, 2.24) is 4.90 Å². The molecule has 1 saturated heterocycles. The Morgan fingerprint density at radius 3 is 2.62 bits per heavy atom. The van der Waals surface area contributed by atoms with Crippen LogP contribution in [0.4, 0.5) is 22.0 Å². The SMILES string of the molecule is O=C(CCc1ccccc1OC(F)(F)F)N1CCOC(c2ccc(F)c(F)c2)C1. The van der Waals surface area contributed by atoms with Gasteiger partial charge in [0, 0.05) is 13.0 Å². The molecule has 3 rings (SSSR count). The van der Waals surface area contributed by atoms with Crippen molar-refractivity contribution >= 4 is 5.91 Å². The van der Waals surface area contributed by atoms with Crippen molar-refractivity contribution < 1.29 is 36.2 Å². The molecule has 1 amide bonds. The van der Waals surface area contributed by atoms with Gasteiger partial charge < -0.3 is 14.4 Å². The number of halogens is 5. The molecule has 0 radical (unpaired) electrons. The van der Waals surface area contributed by atoms with Gasteiger partial charge in [-0.25, -0.2) is 8.78 Å². The number of nitrogens with zero attached hydrogens (tertiary/aromatic N) is 1. The summed E-state index contributed by atoms with van der Waals surface area (Å²) in [6.45, 7) is 0.660. The highest BCUT2D eigenvalue weighted by atomic mass is 19.4. The van der Waals surface area contributed by atoms with Crippen LogP contribution in [-0.2, 0) is 16.0 Å². The molecule has 0 saturated carbocycles. The third-order valence-electron chi connectivity index (χ3n) is 4.54. The fourth-order valence-corrected chi connectivity index (χ4v) is 3.12. The summed E-state index contributed by atoms with van der Waals surface area (Å²) < 4.78 is 73.6. The van der Waals surface area contributed by atoms with E-state index < -0.39 is 24.1 Å². The number of para-hydroxylation sites is 1. The second-order valence-corrected chi connectivity index (χ2v) is 6.53. The lowest BCUT2D eigenvalue weighted by Crippen LogP contribution is -2.42. The minimum absolute atomic E-state index is 0.0251. The molecule has 0 N–H and O–H groups in total. The van der Waals surface area contributed by atoms with Crippen molar-refractivity contribution in [2.75, 3.05) is 19.7 Å². The molecule has 9 heteroatoms. The van der Waals surface area contributed by atoms with Crippen LogP contribution in [-0.4, -0.2) is 36.9 Å². The average Bonchev–Trinajstić information content (AvgIpc) is 2.68. The first-order valence-corrected chi connectivity index (χ1v) is 8.91. The Labute approximate surface area is 163 Å². The van der Waals surface area contributed by atoms with E-state index in [1.165, 1.54) is 29.2 Å². The lowest BCUT2D eigenvalue weighted by molar-refractivity contribution is -0.274. The molecule has 1 aliphatic heterocycles. The molecule has 2 aromatic rings. The van der Waals surface area contributed by atoms with Gasteiger partial charge in [0.25, 0.3) is 0 Å². The molecular weight excluding hydrogens is 397 g/mol. The quantitative estimate of drug-likeness (QED) is 0.680. The maximum Gasteiger partial charge on any atom is 0.573 e. The summed E-state index contributed by atoms with van der Waals surface area (Å²) >= 11 is 0. The summed E-state index contributed by atoms with van der Waals surface area (Å²) in [5, 5.41) is 0. The first-order chi connectivity index (χ1) is 13.7. The zero-order chi connectivity index (χ0) is 21.0. The summed E-state index contributed by atoms with van der Waals surface area (Å²) in [5.74, 6) is -2.59. The minimum Gasteiger partial charge on any atom is -0.406 e. The topological polar surface area (TPSA) is 38.8 Å². The molecule has 1 heterocycles. The Hall–Kier alpha value is -2.68. The summed E-state index contributed by atoms with van der Waals surface area (Å²) in [4.78, 5) is 14.0. The highest BCUT2D eigenvalue weighted by Crippen LogP contribution is 2.28. The Morgan fingerprint density at radius 1 is 1.14 bits per heavy atom. The van der Waals surface area contributed by atoms with Gasteiger partial charge in [0.2, 0.25) is 5.91 Å². The molecule has 0 aliphatic carbocycles. The normalized spacial score (nSPS) is 17.3. The van der Waals surface area contributed by atoms with Crippen LogP contribution in [0.2, 0.25) is 0 Å². The largest absolute Gasteiger partial charge is 0.573 e. The first kappa shape index (κ1) is 21.0. The van der Waals surface area contributed by atoms with Gasteiger partial charge >= 0.3 is 6.36 Å². The molecule has 0 bridgehead atoms. The summed E-state index contributed by atoms with van der Waals surface area (Å²) in [6, 6.07) is 9.06. The zero-order valence-electron chi connectivity index (χ0n) is 15.2. The number of alkyl halides is 3. The fourth-order valence-electron chi connectivity index (χ4n) is 3.12. The number of amides is 1. The van der Waals surface area contributed by atoms with E-state index in [9.17, 15) is 26.7 Å². The Balaban J connectivity index is 1.62. The van der Waals surface area contributed by atoms with Gasteiger partial charge in [-0.1, -0.05) is 24.3 Å². The van der Waals surface area contributed by atoms with Gasteiger partial charge in [-0.2, -0.15) is 0 Å². The van der Waals surface area contributed by atoms with Crippen molar-refractivity contribution in [2.24, 2.45) is 0 Å². The molecule has 0 aromatic heterocycles. The van der Waals surface area contributed by atoms with E-state index in [0.717, 1.165) is 12.1 Å². The number of hydrogen-bond acceptors (Lipinski definition) is 3. The van der Waals surface area contributed by atoms with Gasteiger partial charge in [0.05, 0.1) is 13.2 Å². The molecular formula is C20H18F5NO3. The second kappa shape index (κ2) is 8.77. The second-order valence-electron chi connectivity index (χ2n) is 6.53. The van der Waals surface area contributed by atoms with E-state index in [1.807, 2.05) is 0 Å². The number of carbonyl (C=O) groups excluding carboxylic acids is 1. The third kappa shape index (κ3) is 5.66. The van der Waals surface area contributed by atoms with Crippen molar-refractivity contribution in [3.05, 3.63) is 65.2 Å². The van der Waals surface area contributed by atoms with Crippen molar-refractivity contribution in [3.63, 3.8) is 0 Å². The summed E-state index contributed by atoms with van der Waals surface area (Å²) in [7, 11) is 0. The van der Waals surface area contributed by atoms with E-state index >= 15 is 0 Å². The fraction of sp³-hybridized carbons (Fsp3) is 0.350. The van der Waals surface area contributed by atoms with Crippen molar-refractivity contribution in [2.45, 2.75) is 25.3 Å². The van der Waals surface area contributed by atoms with Crippen LogP contribution in [0.15, 0.2) is 42.5 Å². The average molecular weight is 415 g/mol. The van der Waals surface area contributed by atoms with E-state index in [2.05, 4.69) is 4.74 Å². The zero-order valence-corrected chi connectivity index (χ0v) is 15.2. The lowest BCUT2D eigenvalue weighted by Gasteiger charge is -2.33. The number of morpholine rings is 1. The summed E-state index contributed by atoms with van der Waals surface area (Å²) in [6.07, 6.45) is -5.38. The summed E-state index contributed by atoms with van der Waals surface area (Å²) in [5.41, 5.74) is 0.675. The molecule has 1 atom stereocenters. The molecule has 0 spiro atoms. The van der Waals surface area contributed by atoms with Crippen LogP contribution in [0, 0.1) is 11.6 Å². The monoisotopic (exact) mass is 415 g/mol. The molecule has 1 aliphatic rings. The van der Waals surface area contributed by atoms with E-state index in [4.69, 9.17) is 4.74 Å². The number of rotatable bonds is 5. The van der Waals surface area contributed by atoms with Gasteiger partial charge in [-0.3, -0.25) is 4.79 Å². The van der Waals surface area contributed by atoms with Gasteiger partial charge in [-0.15, -0.1) is 13.2 Å². The highest BCUT2D eigenvalue weighted by molar-refractivity contribution is 5.76. The molecule has 156 valence electrons. The molecule has 1 unspecified atom stereocenters. The van der Waals surface area contributed by atoms with E-state index in [0.29, 0.717) is 12.1 Å². The number of aryl methyl sites for hydroxylation is 1. The Morgan fingerprint density at radius 2 is 1.90 bits per heavy atom. The standard InChI is InChI=1S/C20H18F5NO3/c21-15-7-5-14(11-16(15)22)18-12-26(9-10-28-18)19(27)8-6-13-3-1-2-4-17(13)29-20(23,24)25/h1-5,7,11,18H,6,8-10,12H2. The lowest BCUT2D eigenvalue weighted by atomic mass is 10.1.